The number of benzene rings is 4. The van der Waals surface area contributed by atoms with Crippen LogP contribution in [0.5, 0.6) is 5.75 Å². The summed E-state index contributed by atoms with van der Waals surface area (Å²) in [5, 5.41) is -0.341. The third kappa shape index (κ3) is 2.80. The van der Waals surface area contributed by atoms with Gasteiger partial charge in [0.1, 0.15) is 0 Å². The second-order valence-corrected chi connectivity index (χ2v) is 16.3. The van der Waals surface area contributed by atoms with Gasteiger partial charge in [-0.15, -0.1) is 0 Å². The van der Waals surface area contributed by atoms with Crippen LogP contribution in [0, 0.1) is 0 Å². The fourth-order valence-corrected chi connectivity index (χ4v) is 12.7. The zero-order chi connectivity index (χ0) is 22.2. The minimum absolute atomic E-state index is 0.333. The van der Waals surface area contributed by atoms with E-state index in [1.165, 1.54) is 0 Å². The Labute approximate surface area is 195 Å². The zero-order valence-corrected chi connectivity index (χ0v) is 20.0. The summed E-state index contributed by atoms with van der Waals surface area (Å²) in [7, 11) is 1.63. The molecule has 0 spiro atoms. The average Bonchev–Trinajstić information content (AvgIpc) is 3.23. The van der Waals surface area contributed by atoms with Crippen LogP contribution in [0.25, 0.3) is 0 Å². The van der Waals surface area contributed by atoms with E-state index in [9.17, 15) is 4.79 Å². The van der Waals surface area contributed by atoms with Crippen LogP contribution in [0.15, 0.2) is 109 Å². The van der Waals surface area contributed by atoms with Gasteiger partial charge in [0.05, 0.1) is 0 Å². The van der Waals surface area contributed by atoms with Crippen molar-refractivity contribution < 1.29 is 14.3 Å². The molecule has 0 saturated carbocycles. The van der Waals surface area contributed by atoms with Crippen molar-refractivity contribution in [2.24, 2.45) is 0 Å². The number of carbonyl (C=O) groups is 1. The van der Waals surface area contributed by atoms with Gasteiger partial charge in [0.25, 0.3) is 0 Å². The molecule has 3 nitrogen and oxygen atoms in total. The van der Waals surface area contributed by atoms with Crippen molar-refractivity contribution in [3.63, 3.8) is 0 Å². The van der Waals surface area contributed by atoms with Gasteiger partial charge in [0, 0.05) is 0 Å². The molecule has 5 rings (SSSR count). The molecule has 1 heterocycles. The first-order valence-corrected chi connectivity index (χ1v) is 14.7. The molecule has 4 aromatic carbocycles. The van der Waals surface area contributed by atoms with Crippen LogP contribution >= 0.6 is 20.8 Å². The van der Waals surface area contributed by atoms with Gasteiger partial charge in [-0.2, -0.15) is 0 Å². The number of halogens is 1. The normalized spacial score (nSPS) is 16.5. The van der Waals surface area contributed by atoms with Gasteiger partial charge >= 0.3 is 196 Å². The summed E-state index contributed by atoms with van der Waals surface area (Å²) in [4.78, 5) is 13.1. The molecular weight excluding hydrogens is 483 g/mol. The molecule has 160 valence electrons. The Morgan fingerprint density at radius 1 is 0.719 bits per heavy atom. The molecule has 0 radical (unpaired) electrons. The van der Waals surface area contributed by atoms with Crippen molar-refractivity contribution in [1.82, 2.24) is 0 Å². The Hall–Kier alpha value is -2.94. The van der Waals surface area contributed by atoms with E-state index in [-0.39, 0.29) is 5.97 Å². The number of cyclic esters (lactones) is 1. The summed E-state index contributed by atoms with van der Waals surface area (Å²) in [5.74, 6) is -0.276. The SMILES string of the molecule is COc1cccc2c1C(P(Br)(c1ccccc1)(c1ccccc1)c1ccccc1)OC2=O. The first-order chi connectivity index (χ1) is 15.6. The van der Waals surface area contributed by atoms with Crippen LogP contribution in [-0.4, -0.2) is 13.1 Å². The van der Waals surface area contributed by atoms with Crippen LogP contribution in [-0.2, 0) is 4.74 Å². The Kier molecular flexibility index (Phi) is 5.16. The molecule has 0 amide bonds. The van der Waals surface area contributed by atoms with Crippen molar-refractivity contribution in [1.29, 1.82) is 0 Å². The Morgan fingerprint density at radius 3 is 1.62 bits per heavy atom. The monoisotopic (exact) mass is 504 g/mol. The summed E-state index contributed by atoms with van der Waals surface area (Å²) < 4.78 is 12.0. The molecule has 1 unspecified atom stereocenters. The maximum absolute atomic E-state index is 13.1. The summed E-state index contributed by atoms with van der Waals surface area (Å²) >= 11 is 4.40. The van der Waals surface area contributed by atoms with E-state index in [1.807, 2.05) is 72.8 Å². The topological polar surface area (TPSA) is 35.5 Å². The minimum atomic E-state index is -3.57. The summed E-state index contributed by atoms with van der Waals surface area (Å²) in [6, 6.07) is 36.4. The van der Waals surface area contributed by atoms with Crippen molar-refractivity contribution >= 4 is 42.7 Å². The first kappa shape index (κ1) is 20.9. The molecule has 5 heteroatoms. The number of hydrogen-bond donors (Lipinski definition) is 0. The molecule has 0 bridgehead atoms. The van der Waals surface area contributed by atoms with Crippen LogP contribution < -0.4 is 20.7 Å². The molecule has 1 atom stereocenters. The Balaban J connectivity index is 1.98. The zero-order valence-electron chi connectivity index (χ0n) is 17.5. The van der Waals surface area contributed by atoms with E-state index < -0.39 is 11.2 Å². The Bertz CT molecular complexity index is 1180. The third-order valence-electron chi connectivity index (χ3n) is 6.20. The number of fused-ring (bicyclic) bond motifs is 1. The van der Waals surface area contributed by atoms with Crippen LogP contribution in [0.2, 0.25) is 0 Å². The predicted octanol–water partition coefficient (Wildman–Crippen LogP) is 5.70. The van der Waals surface area contributed by atoms with E-state index in [2.05, 4.69) is 51.9 Å². The van der Waals surface area contributed by atoms with Crippen molar-refractivity contribution in [2.75, 3.05) is 7.11 Å². The third-order valence-corrected chi connectivity index (χ3v) is 16.2. The summed E-state index contributed by atoms with van der Waals surface area (Å²) in [5.41, 5.74) is 1.33. The van der Waals surface area contributed by atoms with Gasteiger partial charge in [-0.3, -0.25) is 0 Å². The summed E-state index contributed by atoms with van der Waals surface area (Å²) in [6.45, 7) is 0. The molecule has 0 fully saturated rings. The van der Waals surface area contributed by atoms with E-state index in [0.717, 1.165) is 21.5 Å². The second-order valence-electron chi connectivity index (χ2n) is 7.76. The van der Waals surface area contributed by atoms with Crippen LogP contribution in [0.1, 0.15) is 21.8 Å². The van der Waals surface area contributed by atoms with E-state index in [0.29, 0.717) is 11.3 Å². The molecule has 0 aromatic heterocycles. The van der Waals surface area contributed by atoms with Crippen LogP contribution in [0.4, 0.5) is 0 Å². The molecule has 1 aliphatic heterocycles. The van der Waals surface area contributed by atoms with Gasteiger partial charge in [-0.05, 0) is 0 Å². The molecular formula is C27H22BrO3P. The average molecular weight is 505 g/mol. The summed E-state index contributed by atoms with van der Waals surface area (Å²) in [6.07, 6.45) is 0. The van der Waals surface area contributed by atoms with Gasteiger partial charge in [0.15, 0.2) is 0 Å². The van der Waals surface area contributed by atoms with Crippen molar-refractivity contribution in [2.45, 2.75) is 5.85 Å². The van der Waals surface area contributed by atoms with Gasteiger partial charge < -0.3 is 0 Å². The number of carbonyl (C=O) groups excluding carboxylic acids is 1. The number of rotatable bonds is 5. The molecule has 0 aliphatic carbocycles. The first-order valence-electron chi connectivity index (χ1n) is 10.4. The molecule has 0 saturated heterocycles. The molecule has 0 N–H and O–H groups in total. The fraction of sp³-hybridized carbons (Fsp3) is 0.0741. The van der Waals surface area contributed by atoms with Crippen molar-refractivity contribution in [3.8, 4) is 5.75 Å². The number of ether oxygens (including phenoxy) is 2. The molecule has 1 aliphatic rings. The van der Waals surface area contributed by atoms with E-state index in [1.54, 1.807) is 7.11 Å². The standard InChI is InChI=1S/C27H22BrO3P/c1-30-24-19-11-18-23-25(24)27(31-26(23)29)32(28,20-12-5-2-6-13-20,21-14-7-3-8-15-21)22-16-9-4-10-17-22/h2-19,27H,1H3. The van der Waals surface area contributed by atoms with Gasteiger partial charge in [0.2, 0.25) is 0 Å². The molecule has 4 aromatic rings. The Morgan fingerprint density at radius 2 is 1.19 bits per heavy atom. The molecule has 32 heavy (non-hydrogen) atoms. The van der Waals surface area contributed by atoms with E-state index >= 15 is 0 Å². The van der Waals surface area contributed by atoms with E-state index in [4.69, 9.17) is 9.47 Å². The van der Waals surface area contributed by atoms with Crippen molar-refractivity contribution in [3.05, 3.63) is 120 Å². The maximum atomic E-state index is 13.1. The number of methoxy groups -OCH3 is 1. The quantitative estimate of drug-likeness (QED) is 0.258. The number of hydrogen-bond acceptors (Lipinski definition) is 3. The second kappa shape index (κ2) is 7.88. The van der Waals surface area contributed by atoms with Gasteiger partial charge in [-0.1, -0.05) is 0 Å². The predicted molar refractivity (Wildman–Crippen MR) is 135 cm³/mol. The van der Waals surface area contributed by atoms with Gasteiger partial charge in [-0.25, -0.2) is 0 Å². The van der Waals surface area contributed by atoms with Crippen LogP contribution in [0.3, 0.4) is 0 Å². The number of esters is 1. The fourth-order valence-electron chi connectivity index (χ4n) is 4.73.